The van der Waals surface area contributed by atoms with Gasteiger partial charge in [0.15, 0.2) is 24.4 Å². The summed E-state index contributed by atoms with van der Waals surface area (Å²) in [5.41, 5.74) is 2.02. The maximum Gasteiger partial charge on any atom is 0.344 e. The molecule has 0 saturated carbocycles. The lowest BCUT2D eigenvalue weighted by molar-refractivity contribution is -0.176. The van der Waals surface area contributed by atoms with Gasteiger partial charge in [-0.1, -0.05) is 138 Å². The molecule has 1 saturated heterocycles. The van der Waals surface area contributed by atoms with Crippen molar-refractivity contribution in [3.8, 4) is 0 Å². The molecule has 3 amide bonds. The summed E-state index contributed by atoms with van der Waals surface area (Å²) in [6.45, 7) is 10.9. The molecule has 0 bridgehead atoms. The van der Waals surface area contributed by atoms with Crippen molar-refractivity contribution >= 4 is 47.6 Å². The number of hydrogen-bond acceptors (Lipinski definition) is 13. The molecule has 3 aromatic rings. The van der Waals surface area contributed by atoms with Crippen molar-refractivity contribution in [3.63, 3.8) is 0 Å². The largest absolute Gasteiger partial charge is 0.479 e. The number of nitrogens with one attached hydrogen (secondary N) is 1. The zero-order chi connectivity index (χ0) is 54.5. The maximum atomic E-state index is 15.0. The molecule has 17 heteroatoms. The molecule has 17 nitrogen and oxygen atoms in total. The van der Waals surface area contributed by atoms with E-state index in [0.717, 1.165) is 5.56 Å². The van der Waals surface area contributed by atoms with Crippen LogP contribution in [0.25, 0.3) is 0 Å². The molecule has 0 aliphatic carbocycles. The van der Waals surface area contributed by atoms with E-state index in [0.29, 0.717) is 43.2 Å². The van der Waals surface area contributed by atoms with Gasteiger partial charge in [0.2, 0.25) is 0 Å². The van der Waals surface area contributed by atoms with Gasteiger partial charge in [0, 0.05) is 39.9 Å². The summed E-state index contributed by atoms with van der Waals surface area (Å²) < 4.78 is 23.5. The monoisotopic (exact) mass is 1030 g/mol. The van der Waals surface area contributed by atoms with Crippen molar-refractivity contribution in [1.82, 2.24) is 20.0 Å². The van der Waals surface area contributed by atoms with Gasteiger partial charge in [-0.05, 0) is 81.0 Å². The normalized spacial score (nSPS) is 16.4. The predicted octanol–water partition coefficient (Wildman–Crippen LogP) is 6.37. The molecular weight excluding hydrogens is 949 g/mol. The molecule has 1 heterocycles. The summed E-state index contributed by atoms with van der Waals surface area (Å²) in [5.74, 6) is -6.75. The number of hydrogen-bond donors (Lipinski definition) is 2. The van der Waals surface area contributed by atoms with Gasteiger partial charge in [-0.25, -0.2) is 19.2 Å². The number of rotatable bonds is 28. The number of esters is 4. The molecule has 1 aliphatic rings. The molecule has 1 aliphatic heterocycles. The average molecular weight is 1030 g/mol. The van der Waals surface area contributed by atoms with Crippen LogP contribution in [-0.2, 0) is 76.6 Å². The first-order valence-electron chi connectivity index (χ1n) is 25.9. The van der Waals surface area contributed by atoms with E-state index in [1.165, 1.54) is 35.7 Å². The summed E-state index contributed by atoms with van der Waals surface area (Å²) >= 11 is 0. The van der Waals surface area contributed by atoms with Crippen molar-refractivity contribution in [2.75, 3.05) is 27.7 Å². The minimum atomic E-state index is -1.51. The van der Waals surface area contributed by atoms with Crippen molar-refractivity contribution in [3.05, 3.63) is 108 Å². The number of ether oxygens (including phenoxy) is 4. The number of piperidine rings is 1. The second kappa shape index (κ2) is 29.9. The minimum absolute atomic E-state index is 0.0334. The molecule has 0 radical (unpaired) electrons. The van der Waals surface area contributed by atoms with Crippen LogP contribution >= 0.6 is 0 Å². The number of carboxylic acid groups (broad SMARTS) is 1. The number of unbranched alkanes of at least 4 members (excludes halogenated alkanes) is 1. The Morgan fingerprint density at radius 2 is 1.07 bits per heavy atom. The van der Waals surface area contributed by atoms with Crippen LogP contribution in [0.4, 0.5) is 0 Å². The first-order chi connectivity index (χ1) is 35.2. The number of aliphatic carboxylic acids is 1. The molecule has 4 rings (SSSR count). The van der Waals surface area contributed by atoms with Crippen molar-refractivity contribution in [2.45, 2.75) is 161 Å². The van der Waals surface area contributed by atoms with Crippen LogP contribution in [0.5, 0.6) is 0 Å². The lowest BCUT2D eigenvalue weighted by Gasteiger charge is -2.37. The van der Waals surface area contributed by atoms with E-state index in [4.69, 9.17) is 18.9 Å². The Kier molecular flexibility index (Phi) is 24.2. The Morgan fingerprint density at radius 1 is 0.622 bits per heavy atom. The molecular formula is C57H78N4O13. The highest BCUT2D eigenvalue weighted by atomic mass is 16.6. The summed E-state index contributed by atoms with van der Waals surface area (Å²) in [6, 6.07) is 22.5. The van der Waals surface area contributed by atoms with Gasteiger partial charge >= 0.3 is 29.8 Å². The molecule has 1 fully saturated rings. The van der Waals surface area contributed by atoms with Crippen LogP contribution in [0.2, 0.25) is 0 Å². The number of carboxylic acids is 1. The number of nitrogens with zero attached hydrogens (tertiary/aromatic N) is 3. The fraction of sp³-hybridized carbons (Fsp3) is 0.544. The first kappa shape index (κ1) is 59.9. The Bertz CT molecular complexity index is 2300. The molecule has 0 aromatic heterocycles. The second-order valence-corrected chi connectivity index (χ2v) is 20.0. The highest BCUT2D eigenvalue weighted by molar-refractivity contribution is 5.93. The van der Waals surface area contributed by atoms with E-state index in [1.54, 1.807) is 67.7 Å². The van der Waals surface area contributed by atoms with Gasteiger partial charge in [0.1, 0.15) is 24.2 Å². The molecule has 2 N–H and O–H groups in total. The number of likely N-dealkylation sites (N-methyl/N-ethyl adjacent to an activating group) is 3. The van der Waals surface area contributed by atoms with E-state index < -0.39 is 96.2 Å². The summed E-state index contributed by atoms with van der Waals surface area (Å²) in [4.78, 5) is 116. The van der Waals surface area contributed by atoms with Crippen molar-refractivity contribution in [2.24, 2.45) is 11.8 Å². The minimum Gasteiger partial charge on any atom is -0.479 e. The Morgan fingerprint density at radius 3 is 1.53 bits per heavy atom. The lowest BCUT2D eigenvalue weighted by atomic mass is 9.99. The summed E-state index contributed by atoms with van der Waals surface area (Å²) in [6.07, 6.45) is -2.74. The quantitative estimate of drug-likeness (QED) is 0.0597. The van der Waals surface area contributed by atoms with Crippen LogP contribution in [0.15, 0.2) is 91.0 Å². The maximum absolute atomic E-state index is 15.0. The zero-order valence-electron chi connectivity index (χ0n) is 44.6. The Hall–Kier alpha value is -6.62. The predicted molar refractivity (Wildman–Crippen MR) is 277 cm³/mol. The number of likely N-dealkylation sites (tertiary alicyclic amines) is 1. The van der Waals surface area contributed by atoms with Crippen LogP contribution in [-0.4, -0.2) is 144 Å². The van der Waals surface area contributed by atoms with Crippen LogP contribution < -0.4 is 5.32 Å². The van der Waals surface area contributed by atoms with Crippen LogP contribution in [0, 0.1) is 11.8 Å². The van der Waals surface area contributed by atoms with Crippen molar-refractivity contribution in [1.29, 1.82) is 0 Å². The van der Waals surface area contributed by atoms with E-state index in [2.05, 4.69) is 5.32 Å². The molecule has 3 aromatic carbocycles. The van der Waals surface area contributed by atoms with E-state index in [-0.39, 0.29) is 56.9 Å². The van der Waals surface area contributed by atoms with Crippen LogP contribution in [0.3, 0.4) is 0 Å². The summed E-state index contributed by atoms with van der Waals surface area (Å²) in [5, 5.41) is 12.4. The van der Waals surface area contributed by atoms with E-state index in [9.17, 15) is 43.5 Å². The third-order valence-electron chi connectivity index (χ3n) is 13.1. The third kappa shape index (κ3) is 18.1. The third-order valence-corrected chi connectivity index (χ3v) is 13.1. The summed E-state index contributed by atoms with van der Waals surface area (Å²) in [7, 11) is 4.50. The lowest BCUT2D eigenvalue weighted by Crippen LogP contribution is -2.55. The number of carbonyl (C=O) groups excluding carboxylic acids is 7. The number of benzene rings is 3. The second-order valence-electron chi connectivity index (χ2n) is 20.0. The highest BCUT2D eigenvalue weighted by Gasteiger charge is 2.43. The molecule has 0 spiro atoms. The topological polar surface area (TPSA) is 215 Å². The Labute approximate surface area is 436 Å². The fourth-order valence-electron chi connectivity index (χ4n) is 8.90. The van der Waals surface area contributed by atoms with Gasteiger partial charge in [-0.2, -0.15) is 0 Å². The standard InChI is InChI=1S/C57H78N4O13/c1-10-11-29-44(59(8)50(62)47(34-40-23-15-12-16-24-40)72-54(67)43(58-7)32-37(2)3)55(68)73-48(35-41-25-17-13-18-26-41)51(63)60(9)46(33-38(4)5)57(70)74-49(36-42-27-19-14-20-28-42)52(64)61-31-22-21-30-45(61)56(69)71-39(6)53(65)66/h12-20,23-28,37-39,43-49,58H,10-11,21-22,29-36H2,1-9H3,(H,65,66)/t39-,43+,44+,45+,46+,47-,48-,49-/m1/s1. The van der Waals surface area contributed by atoms with Gasteiger partial charge in [0.25, 0.3) is 17.7 Å². The fourth-order valence-corrected chi connectivity index (χ4v) is 8.90. The Balaban J connectivity index is 1.68. The van der Waals surface area contributed by atoms with Crippen LogP contribution in [0.1, 0.15) is 110 Å². The van der Waals surface area contributed by atoms with Gasteiger partial charge < -0.3 is 44.1 Å². The van der Waals surface area contributed by atoms with Gasteiger partial charge in [-0.15, -0.1) is 0 Å². The number of carbonyl (C=O) groups is 8. The number of amides is 3. The van der Waals surface area contributed by atoms with E-state index in [1.807, 2.05) is 65.0 Å². The highest BCUT2D eigenvalue weighted by Crippen LogP contribution is 2.25. The van der Waals surface area contributed by atoms with Crippen molar-refractivity contribution < 1.29 is 62.4 Å². The van der Waals surface area contributed by atoms with Gasteiger partial charge in [0.05, 0.1) is 0 Å². The molecule has 74 heavy (non-hydrogen) atoms. The van der Waals surface area contributed by atoms with Gasteiger partial charge in [-0.3, -0.25) is 19.2 Å². The first-order valence-corrected chi connectivity index (χ1v) is 25.9. The average Bonchev–Trinajstić information content (AvgIpc) is 3.38. The molecule has 404 valence electrons. The smallest absolute Gasteiger partial charge is 0.344 e. The molecule has 0 unspecified atom stereocenters. The van der Waals surface area contributed by atoms with E-state index >= 15 is 0 Å². The SMILES string of the molecule is CCCC[C@@H](C(=O)O[C@H](Cc1ccccc1)C(=O)N(C)[C@@H](CC(C)C)C(=O)O[C@H](Cc1ccccc1)C(=O)N1CCCC[C@H]1C(=O)O[C@H](C)C(=O)O)N(C)C(=O)[C@@H](Cc1ccccc1)OC(=O)[C@H](CC(C)C)NC. The molecule has 8 atom stereocenters. The zero-order valence-corrected chi connectivity index (χ0v) is 44.6.